The normalized spacial score (nSPS) is 10.6. The molecule has 0 unspecified atom stereocenters. The van der Waals surface area contributed by atoms with E-state index in [9.17, 15) is 13.6 Å². The number of halogens is 3. The molecule has 4 nitrogen and oxygen atoms in total. The lowest BCUT2D eigenvalue weighted by atomic mass is 10.2. The first kappa shape index (κ1) is 16.1. The molecule has 0 aliphatic rings. The predicted octanol–water partition coefficient (Wildman–Crippen LogP) is 4.12. The first-order valence-electron chi connectivity index (χ1n) is 7.05. The Morgan fingerprint density at radius 1 is 1.21 bits per heavy atom. The Morgan fingerprint density at radius 3 is 2.75 bits per heavy atom. The summed E-state index contributed by atoms with van der Waals surface area (Å²) in [6.07, 6.45) is 2.96. The van der Waals surface area contributed by atoms with Crippen molar-refractivity contribution in [3.05, 3.63) is 82.6 Å². The maximum absolute atomic E-state index is 13.8. The zero-order valence-corrected chi connectivity index (χ0v) is 13.1. The van der Waals surface area contributed by atoms with E-state index >= 15 is 0 Å². The van der Waals surface area contributed by atoms with Crippen molar-refractivity contribution < 1.29 is 13.6 Å². The number of nitrogens with zero attached hydrogens (tertiary/aromatic N) is 2. The van der Waals surface area contributed by atoms with Crippen molar-refractivity contribution in [2.75, 3.05) is 5.32 Å². The Hall–Kier alpha value is -2.73. The molecular formula is C17H12ClF2N3O. The van der Waals surface area contributed by atoms with Gasteiger partial charge in [-0.15, -0.1) is 0 Å². The second-order valence-electron chi connectivity index (χ2n) is 5.09. The summed E-state index contributed by atoms with van der Waals surface area (Å²) in [5, 5.41) is 6.97. The summed E-state index contributed by atoms with van der Waals surface area (Å²) in [5.74, 6) is -1.38. The summed E-state index contributed by atoms with van der Waals surface area (Å²) in [7, 11) is 0. The number of aromatic nitrogens is 2. The third-order valence-electron chi connectivity index (χ3n) is 3.36. The fraction of sp³-hybridized carbons (Fsp3) is 0.0588. The third-order valence-corrected chi connectivity index (χ3v) is 3.71. The summed E-state index contributed by atoms with van der Waals surface area (Å²) in [4.78, 5) is 12.0. The van der Waals surface area contributed by atoms with Gasteiger partial charge in [-0.3, -0.25) is 9.48 Å². The number of benzene rings is 2. The first-order chi connectivity index (χ1) is 11.5. The van der Waals surface area contributed by atoms with Crippen LogP contribution in [-0.2, 0) is 6.54 Å². The van der Waals surface area contributed by atoms with Crippen LogP contribution in [0.3, 0.4) is 0 Å². The van der Waals surface area contributed by atoms with Gasteiger partial charge in [-0.05, 0) is 30.3 Å². The molecule has 2 aromatic carbocycles. The molecule has 1 amide bonds. The van der Waals surface area contributed by atoms with Crippen LogP contribution < -0.4 is 5.32 Å². The second-order valence-corrected chi connectivity index (χ2v) is 5.50. The number of hydrogen-bond donors (Lipinski definition) is 1. The lowest BCUT2D eigenvalue weighted by Gasteiger charge is -2.06. The highest BCUT2D eigenvalue weighted by Crippen LogP contribution is 2.20. The van der Waals surface area contributed by atoms with Crippen molar-refractivity contribution in [2.45, 2.75) is 6.54 Å². The molecule has 0 saturated heterocycles. The van der Waals surface area contributed by atoms with Gasteiger partial charge in [-0.1, -0.05) is 23.7 Å². The zero-order valence-electron chi connectivity index (χ0n) is 12.3. The number of carbonyl (C=O) groups excluding carboxylic acids is 1. The van der Waals surface area contributed by atoms with Crippen molar-refractivity contribution in [1.82, 2.24) is 9.78 Å². The van der Waals surface area contributed by atoms with Gasteiger partial charge in [0.05, 0.1) is 18.4 Å². The lowest BCUT2D eigenvalue weighted by molar-refractivity contribution is 0.102. The highest BCUT2D eigenvalue weighted by atomic mass is 35.5. The van der Waals surface area contributed by atoms with Crippen molar-refractivity contribution in [3.63, 3.8) is 0 Å². The van der Waals surface area contributed by atoms with Crippen molar-refractivity contribution in [1.29, 1.82) is 0 Å². The molecule has 3 aromatic rings. The maximum Gasteiger partial charge on any atom is 0.255 e. The van der Waals surface area contributed by atoms with Crippen LogP contribution in [0.1, 0.15) is 15.9 Å². The van der Waals surface area contributed by atoms with E-state index in [-0.39, 0.29) is 12.1 Å². The minimum absolute atomic E-state index is 0.126. The Labute approximate surface area is 141 Å². The average Bonchev–Trinajstić information content (AvgIpc) is 2.98. The first-order valence-corrected chi connectivity index (χ1v) is 7.43. The summed E-state index contributed by atoms with van der Waals surface area (Å²) in [6, 6.07) is 9.78. The Kier molecular flexibility index (Phi) is 4.57. The number of anilines is 1. The monoisotopic (exact) mass is 347 g/mol. The Bertz CT molecular complexity index is 875. The lowest BCUT2D eigenvalue weighted by Crippen LogP contribution is -2.11. The van der Waals surface area contributed by atoms with Crippen LogP contribution in [0.5, 0.6) is 0 Å². The van der Waals surface area contributed by atoms with E-state index in [1.165, 1.54) is 41.2 Å². The molecule has 0 fully saturated rings. The number of amides is 1. The smallest absolute Gasteiger partial charge is 0.255 e. The standard InChI is InChI=1S/C17H12ClF2N3O/c18-15-5-2-6-16(20)14(15)10-23-9-13(8-21-23)22-17(24)11-3-1-4-12(19)7-11/h1-9H,10H2,(H,22,24). The molecule has 0 aliphatic heterocycles. The van der Waals surface area contributed by atoms with Crippen LogP contribution in [0.2, 0.25) is 5.02 Å². The minimum Gasteiger partial charge on any atom is -0.319 e. The molecule has 0 aliphatic carbocycles. The maximum atomic E-state index is 13.8. The van der Waals surface area contributed by atoms with Gasteiger partial charge >= 0.3 is 0 Å². The van der Waals surface area contributed by atoms with E-state index in [4.69, 9.17) is 11.6 Å². The van der Waals surface area contributed by atoms with Gasteiger partial charge in [0.25, 0.3) is 5.91 Å². The van der Waals surface area contributed by atoms with Crippen LogP contribution in [-0.4, -0.2) is 15.7 Å². The molecule has 0 atom stereocenters. The largest absolute Gasteiger partial charge is 0.319 e. The van der Waals surface area contributed by atoms with Gasteiger partial charge in [-0.25, -0.2) is 8.78 Å². The molecule has 3 rings (SSSR count). The number of carbonyl (C=O) groups is 1. The second kappa shape index (κ2) is 6.80. The molecule has 24 heavy (non-hydrogen) atoms. The molecule has 0 saturated carbocycles. The van der Waals surface area contributed by atoms with Gasteiger partial charge in [0.2, 0.25) is 0 Å². The summed E-state index contributed by atoms with van der Waals surface area (Å²) < 4.78 is 28.4. The van der Waals surface area contributed by atoms with Gasteiger partial charge in [-0.2, -0.15) is 5.10 Å². The molecular weight excluding hydrogens is 336 g/mol. The number of nitrogens with one attached hydrogen (secondary N) is 1. The number of hydrogen-bond acceptors (Lipinski definition) is 2. The van der Waals surface area contributed by atoms with E-state index in [0.717, 1.165) is 6.07 Å². The quantitative estimate of drug-likeness (QED) is 0.772. The van der Waals surface area contributed by atoms with Crippen LogP contribution in [0.15, 0.2) is 54.9 Å². The van der Waals surface area contributed by atoms with Crippen LogP contribution in [0, 0.1) is 11.6 Å². The van der Waals surface area contributed by atoms with Gasteiger partial charge in [0.1, 0.15) is 11.6 Å². The molecule has 1 aromatic heterocycles. The summed E-state index contributed by atoms with van der Waals surface area (Å²) >= 11 is 5.98. The fourth-order valence-corrected chi connectivity index (χ4v) is 2.42. The highest BCUT2D eigenvalue weighted by Gasteiger charge is 2.11. The topological polar surface area (TPSA) is 46.9 Å². The van der Waals surface area contributed by atoms with E-state index in [0.29, 0.717) is 16.3 Å². The average molecular weight is 348 g/mol. The molecule has 0 spiro atoms. The van der Waals surface area contributed by atoms with E-state index in [1.807, 2.05) is 0 Å². The molecule has 1 heterocycles. The van der Waals surface area contributed by atoms with Crippen molar-refractivity contribution in [2.24, 2.45) is 0 Å². The Morgan fingerprint density at radius 2 is 2.00 bits per heavy atom. The van der Waals surface area contributed by atoms with Crippen molar-refractivity contribution >= 4 is 23.2 Å². The van der Waals surface area contributed by atoms with Crippen molar-refractivity contribution in [3.8, 4) is 0 Å². The Balaban J connectivity index is 1.73. The molecule has 7 heteroatoms. The van der Waals surface area contributed by atoms with E-state index < -0.39 is 17.5 Å². The fourth-order valence-electron chi connectivity index (χ4n) is 2.19. The van der Waals surface area contributed by atoms with E-state index in [2.05, 4.69) is 10.4 Å². The number of rotatable bonds is 4. The van der Waals surface area contributed by atoms with Gasteiger partial charge in [0.15, 0.2) is 0 Å². The highest BCUT2D eigenvalue weighted by molar-refractivity contribution is 6.31. The minimum atomic E-state index is -0.493. The third kappa shape index (κ3) is 3.60. The van der Waals surface area contributed by atoms with Crippen LogP contribution >= 0.6 is 11.6 Å². The molecule has 1 N–H and O–H groups in total. The SMILES string of the molecule is O=C(Nc1cnn(Cc2c(F)cccc2Cl)c1)c1cccc(F)c1. The molecule has 122 valence electrons. The van der Waals surface area contributed by atoms with E-state index in [1.54, 1.807) is 12.3 Å². The molecule has 0 bridgehead atoms. The van der Waals surface area contributed by atoms with Crippen LogP contribution in [0.4, 0.5) is 14.5 Å². The van der Waals surface area contributed by atoms with Crippen LogP contribution in [0.25, 0.3) is 0 Å². The van der Waals surface area contributed by atoms with Gasteiger partial charge in [0, 0.05) is 22.3 Å². The predicted molar refractivity (Wildman–Crippen MR) is 87.1 cm³/mol. The summed E-state index contributed by atoms with van der Waals surface area (Å²) in [6.45, 7) is 0.126. The van der Waals surface area contributed by atoms with Gasteiger partial charge < -0.3 is 5.32 Å². The summed E-state index contributed by atoms with van der Waals surface area (Å²) in [5.41, 5.74) is 0.918. The zero-order chi connectivity index (χ0) is 17.1. The molecule has 0 radical (unpaired) electrons.